The number of anilines is 3. The van der Waals surface area contributed by atoms with E-state index in [1.54, 1.807) is 0 Å². The monoisotopic (exact) mass is 308 g/mol. The molecule has 2 N–H and O–H groups in total. The summed E-state index contributed by atoms with van der Waals surface area (Å²) in [6, 6.07) is 0. The van der Waals surface area contributed by atoms with E-state index < -0.39 is 0 Å². The molecule has 2 aliphatic rings. The van der Waals surface area contributed by atoms with Crippen molar-refractivity contribution >= 4 is 29.6 Å². The second-order valence-electron chi connectivity index (χ2n) is 6.33. The average Bonchev–Trinajstić information content (AvgIpc) is 2.89. The first-order valence-corrected chi connectivity index (χ1v) is 8.67. The lowest BCUT2D eigenvalue weighted by atomic mass is 10.1. The normalized spacial score (nSPS) is 22.4. The van der Waals surface area contributed by atoms with Crippen molar-refractivity contribution < 1.29 is 0 Å². The van der Waals surface area contributed by atoms with Crippen molar-refractivity contribution in [2.45, 2.75) is 37.9 Å². The number of nitrogens with two attached hydrogens (primary N) is 1. The van der Waals surface area contributed by atoms with Crippen LogP contribution in [-0.4, -0.2) is 51.6 Å². The van der Waals surface area contributed by atoms with E-state index in [9.17, 15) is 0 Å². The number of nitrogen functional groups attached to an aromatic ring is 1. The Labute approximate surface area is 130 Å². The fourth-order valence-electron chi connectivity index (χ4n) is 2.79. The van der Waals surface area contributed by atoms with Crippen molar-refractivity contribution in [3.8, 4) is 0 Å². The van der Waals surface area contributed by atoms with Crippen molar-refractivity contribution in [1.29, 1.82) is 0 Å². The van der Waals surface area contributed by atoms with E-state index in [2.05, 4.69) is 38.6 Å². The van der Waals surface area contributed by atoms with Gasteiger partial charge in [0.15, 0.2) is 0 Å². The Morgan fingerprint density at radius 2 is 1.57 bits per heavy atom. The topological polar surface area (TPSA) is 71.2 Å². The summed E-state index contributed by atoms with van der Waals surface area (Å²) in [5.74, 6) is 2.91. The third-order valence-corrected chi connectivity index (χ3v) is 5.51. The van der Waals surface area contributed by atoms with Gasteiger partial charge in [-0.15, -0.1) is 0 Å². The molecule has 2 saturated heterocycles. The van der Waals surface area contributed by atoms with E-state index in [0.717, 1.165) is 50.2 Å². The molecule has 2 aliphatic heterocycles. The van der Waals surface area contributed by atoms with Crippen LogP contribution < -0.4 is 15.5 Å². The number of hydrogen-bond acceptors (Lipinski definition) is 7. The molecule has 6 nitrogen and oxygen atoms in total. The van der Waals surface area contributed by atoms with Crippen LogP contribution in [0, 0.1) is 0 Å². The minimum atomic E-state index is 0.325. The van der Waals surface area contributed by atoms with Gasteiger partial charge in [0.1, 0.15) is 0 Å². The summed E-state index contributed by atoms with van der Waals surface area (Å²) < 4.78 is 0.325. The first-order chi connectivity index (χ1) is 10.0. The zero-order valence-corrected chi connectivity index (χ0v) is 13.7. The van der Waals surface area contributed by atoms with Crippen LogP contribution in [0.5, 0.6) is 0 Å². The smallest absolute Gasteiger partial charge is 0.231 e. The van der Waals surface area contributed by atoms with E-state index in [-0.39, 0.29) is 0 Å². The van der Waals surface area contributed by atoms with Crippen molar-refractivity contribution in [2.24, 2.45) is 0 Å². The molecule has 0 spiro atoms. The molecule has 3 rings (SSSR count). The Bertz CT molecular complexity index is 500. The summed E-state index contributed by atoms with van der Waals surface area (Å²) in [7, 11) is 0. The number of nitrogens with zero attached hydrogens (tertiary/aromatic N) is 5. The highest BCUT2D eigenvalue weighted by atomic mass is 32.2. The predicted molar refractivity (Wildman–Crippen MR) is 89.1 cm³/mol. The van der Waals surface area contributed by atoms with Gasteiger partial charge in [-0.3, -0.25) is 0 Å². The van der Waals surface area contributed by atoms with Gasteiger partial charge < -0.3 is 15.5 Å². The van der Waals surface area contributed by atoms with Gasteiger partial charge >= 0.3 is 0 Å². The van der Waals surface area contributed by atoms with Crippen LogP contribution in [0.1, 0.15) is 33.1 Å². The molecule has 21 heavy (non-hydrogen) atoms. The molecule has 7 heteroatoms. The lowest BCUT2D eigenvalue weighted by Crippen LogP contribution is -2.30. The number of thioether (sulfide) groups is 1. The number of rotatable bonds is 2. The molecular weight excluding hydrogens is 284 g/mol. The molecule has 116 valence electrons. The quantitative estimate of drug-likeness (QED) is 0.892. The molecule has 2 fully saturated rings. The number of aromatic nitrogens is 3. The summed E-state index contributed by atoms with van der Waals surface area (Å²) >= 11 is 2.02. The third-order valence-electron chi connectivity index (χ3n) is 4.14. The summed E-state index contributed by atoms with van der Waals surface area (Å²) in [5.41, 5.74) is 5.91. The Morgan fingerprint density at radius 3 is 2.24 bits per heavy atom. The standard InChI is InChI=1S/C14H24N6S/c1-14(2)5-8-20(9-10-21-14)13-17-11(15)16-12(18-13)19-6-3-4-7-19/h3-10H2,1-2H3,(H2,15,16,17,18). The summed E-state index contributed by atoms with van der Waals surface area (Å²) in [6.07, 6.45) is 3.53. The fraction of sp³-hybridized carbons (Fsp3) is 0.786. The van der Waals surface area contributed by atoms with E-state index in [1.165, 1.54) is 12.8 Å². The van der Waals surface area contributed by atoms with Crippen LogP contribution >= 0.6 is 11.8 Å². The molecule has 0 unspecified atom stereocenters. The minimum Gasteiger partial charge on any atom is -0.368 e. The molecule has 0 amide bonds. The molecule has 0 aliphatic carbocycles. The maximum atomic E-state index is 5.91. The SMILES string of the molecule is CC1(C)CCN(c2nc(N)nc(N3CCCC3)n2)CCS1. The van der Waals surface area contributed by atoms with Crippen LogP contribution in [-0.2, 0) is 0 Å². The first-order valence-electron chi connectivity index (χ1n) is 7.69. The van der Waals surface area contributed by atoms with Gasteiger partial charge in [-0.1, -0.05) is 13.8 Å². The number of hydrogen-bond donors (Lipinski definition) is 1. The molecule has 1 aromatic rings. The highest BCUT2D eigenvalue weighted by Gasteiger charge is 2.26. The molecule has 0 aromatic carbocycles. The average molecular weight is 308 g/mol. The molecule has 1 aromatic heterocycles. The van der Waals surface area contributed by atoms with E-state index >= 15 is 0 Å². The summed E-state index contributed by atoms with van der Waals surface area (Å²) in [6.45, 7) is 8.59. The van der Waals surface area contributed by atoms with Gasteiger partial charge in [-0.2, -0.15) is 26.7 Å². The predicted octanol–water partition coefficient (Wildman–Crippen LogP) is 1.78. The van der Waals surface area contributed by atoms with Gasteiger partial charge in [0.2, 0.25) is 17.8 Å². The van der Waals surface area contributed by atoms with Crippen molar-refractivity contribution in [2.75, 3.05) is 47.5 Å². The van der Waals surface area contributed by atoms with Gasteiger partial charge in [0, 0.05) is 36.7 Å². The highest BCUT2D eigenvalue weighted by Crippen LogP contribution is 2.32. The van der Waals surface area contributed by atoms with Gasteiger partial charge in [0.05, 0.1) is 0 Å². The zero-order valence-electron chi connectivity index (χ0n) is 12.9. The minimum absolute atomic E-state index is 0.325. The van der Waals surface area contributed by atoms with Crippen LogP contribution in [0.3, 0.4) is 0 Å². The van der Waals surface area contributed by atoms with Gasteiger partial charge in [0.25, 0.3) is 0 Å². The van der Waals surface area contributed by atoms with E-state index in [4.69, 9.17) is 5.73 Å². The van der Waals surface area contributed by atoms with Gasteiger partial charge in [-0.25, -0.2) is 0 Å². The molecule has 3 heterocycles. The van der Waals surface area contributed by atoms with E-state index in [1.807, 2.05) is 11.8 Å². The van der Waals surface area contributed by atoms with Crippen LogP contribution in [0.25, 0.3) is 0 Å². The first kappa shape index (κ1) is 14.7. The lowest BCUT2D eigenvalue weighted by molar-refractivity contribution is 0.631. The maximum absolute atomic E-state index is 5.91. The maximum Gasteiger partial charge on any atom is 0.231 e. The van der Waals surface area contributed by atoms with E-state index in [0.29, 0.717) is 10.7 Å². The van der Waals surface area contributed by atoms with Crippen molar-refractivity contribution in [1.82, 2.24) is 15.0 Å². The Hall–Kier alpha value is -1.24. The van der Waals surface area contributed by atoms with Gasteiger partial charge in [-0.05, 0) is 19.3 Å². The highest BCUT2D eigenvalue weighted by molar-refractivity contribution is 8.00. The summed E-state index contributed by atoms with van der Waals surface area (Å²) in [5, 5.41) is 0. The molecular formula is C14H24N6S. The Morgan fingerprint density at radius 1 is 0.952 bits per heavy atom. The largest absolute Gasteiger partial charge is 0.368 e. The lowest BCUT2D eigenvalue weighted by Gasteiger charge is -2.24. The Balaban J connectivity index is 1.81. The van der Waals surface area contributed by atoms with Crippen LogP contribution in [0.15, 0.2) is 0 Å². The molecule has 0 saturated carbocycles. The molecule has 0 bridgehead atoms. The molecule has 0 radical (unpaired) electrons. The second kappa shape index (κ2) is 5.87. The molecule has 0 atom stereocenters. The van der Waals surface area contributed by atoms with Crippen LogP contribution in [0.4, 0.5) is 17.8 Å². The zero-order chi connectivity index (χ0) is 14.9. The van der Waals surface area contributed by atoms with Crippen LogP contribution in [0.2, 0.25) is 0 Å². The third kappa shape index (κ3) is 3.51. The summed E-state index contributed by atoms with van der Waals surface area (Å²) in [4.78, 5) is 17.8. The van der Waals surface area contributed by atoms with Crippen molar-refractivity contribution in [3.05, 3.63) is 0 Å². The second-order valence-corrected chi connectivity index (χ2v) is 8.14. The Kier molecular flexibility index (Phi) is 4.10. The fourth-order valence-corrected chi connectivity index (χ4v) is 3.89. The van der Waals surface area contributed by atoms with Crippen molar-refractivity contribution in [3.63, 3.8) is 0 Å².